The van der Waals surface area contributed by atoms with Crippen LogP contribution >= 0.6 is 11.5 Å². The topological polar surface area (TPSA) is 98.3 Å². The van der Waals surface area contributed by atoms with Gasteiger partial charge in [0.1, 0.15) is 6.10 Å². The van der Waals surface area contributed by atoms with Crippen LogP contribution in [0, 0.1) is 6.92 Å². The Labute approximate surface area is 255 Å². The monoisotopic (exact) mass is 549 g/mol. The molecular formula is C31H30N2NaO4S-. The SMILES string of the molecule is Cc1nsc(-c2ccc(-c3ccc(C4([C-]=O)CCCC4)cc3)cc2)c1NC(=O)O[C@H](C)c1ccccc1.[Na+].[OH-]. The van der Waals surface area contributed by atoms with Gasteiger partial charge in [-0.25, -0.2) is 4.79 Å². The number of hydrogen-bond acceptors (Lipinski definition) is 6. The van der Waals surface area contributed by atoms with Crippen molar-refractivity contribution in [3.05, 3.63) is 95.7 Å². The van der Waals surface area contributed by atoms with Gasteiger partial charge in [-0.05, 0) is 47.6 Å². The molecule has 1 aliphatic carbocycles. The van der Waals surface area contributed by atoms with E-state index < -0.39 is 11.5 Å². The van der Waals surface area contributed by atoms with Gasteiger partial charge in [0.25, 0.3) is 0 Å². The van der Waals surface area contributed by atoms with E-state index in [2.05, 4.69) is 52.4 Å². The van der Waals surface area contributed by atoms with Crippen LogP contribution < -0.4 is 34.9 Å². The second-order valence-corrected chi connectivity index (χ2v) is 10.4. The predicted octanol–water partition coefficient (Wildman–Crippen LogP) is 4.84. The number of aryl methyl sites for hydroxylation is 1. The molecule has 3 aromatic carbocycles. The first kappa shape index (κ1) is 30.7. The van der Waals surface area contributed by atoms with Gasteiger partial charge in [-0.3, -0.25) is 11.6 Å². The van der Waals surface area contributed by atoms with Crippen LogP contribution in [0.4, 0.5) is 10.5 Å². The van der Waals surface area contributed by atoms with Gasteiger partial charge in [0.05, 0.1) is 16.3 Å². The van der Waals surface area contributed by atoms with Crippen molar-refractivity contribution in [3.63, 3.8) is 0 Å². The van der Waals surface area contributed by atoms with Crippen LogP contribution in [0.1, 0.15) is 55.5 Å². The van der Waals surface area contributed by atoms with E-state index in [1.807, 2.05) is 56.3 Å². The van der Waals surface area contributed by atoms with Crippen molar-refractivity contribution >= 4 is 29.6 Å². The van der Waals surface area contributed by atoms with Crippen molar-refractivity contribution in [1.29, 1.82) is 0 Å². The average Bonchev–Trinajstić information content (AvgIpc) is 3.57. The molecule has 0 aliphatic heterocycles. The zero-order valence-corrected chi connectivity index (χ0v) is 25.3. The first-order valence-corrected chi connectivity index (χ1v) is 13.4. The summed E-state index contributed by atoms with van der Waals surface area (Å²) in [5, 5.41) is 2.90. The third-order valence-electron chi connectivity index (χ3n) is 7.21. The average molecular weight is 550 g/mol. The summed E-state index contributed by atoms with van der Waals surface area (Å²) in [5.41, 5.74) is 6.11. The Kier molecular flexibility index (Phi) is 10.6. The fraction of sp³-hybridized carbons (Fsp3) is 0.258. The Bertz CT molecular complexity index is 1380. The minimum absolute atomic E-state index is 0. The van der Waals surface area contributed by atoms with Crippen LogP contribution in [0.3, 0.4) is 0 Å². The number of hydrogen-bond donors (Lipinski definition) is 1. The minimum atomic E-state index is -0.509. The molecular weight excluding hydrogens is 519 g/mol. The molecule has 39 heavy (non-hydrogen) atoms. The molecule has 1 atom stereocenters. The molecule has 1 aromatic heterocycles. The summed E-state index contributed by atoms with van der Waals surface area (Å²) >= 11 is 1.35. The zero-order valence-electron chi connectivity index (χ0n) is 22.4. The van der Waals surface area contributed by atoms with E-state index in [0.29, 0.717) is 5.69 Å². The number of amides is 1. The molecule has 0 saturated heterocycles. The third-order valence-corrected chi connectivity index (χ3v) is 8.20. The van der Waals surface area contributed by atoms with Crippen molar-refractivity contribution in [2.75, 3.05) is 5.32 Å². The third kappa shape index (κ3) is 6.68. The molecule has 4 aromatic rings. The maximum atomic E-state index is 12.7. The van der Waals surface area contributed by atoms with E-state index >= 15 is 0 Å². The molecule has 5 rings (SSSR count). The molecule has 8 heteroatoms. The zero-order chi connectivity index (χ0) is 25.8. The Morgan fingerprint density at radius 2 is 1.51 bits per heavy atom. The van der Waals surface area contributed by atoms with Gasteiger partial charge in [0, 0.05) is 0 Å². The fourth-order valence-electron chi connectivity index (χ4n) is 5.02. The fourth-order valence-corrected chi connectivity index (χ4v) is 5.87. The number of anilines is 1. The number of nitrogens with zero attached hydrogens (tertiary/aromatic N) is 1. The molecule has 0 unspecified atom stereocenters. The summed E-state index contributed by atoms with van der Waals surface area (Å²) in [6.45, 7) is 3.73. The number of ether oxygens (including phenoxy) is 1. The summed E-state index contributed by atoms with van der Waals surface area (Å²) < 4.78 is 10.1. The van der Waals surface area contributed by atoms with Crippen LogP contribution in [0.2, 0.25) is 0 Å². The van der Waals surface area contributed by atoms with E-state index in [1.54, 1.807) is 0 Å². The maximum absolute atomic E-state index is 12.7. The van der Waals surface area contributed by atoms with Gasteiger partial charge in [-0.1, -0.05) is 110 Å². The van der Waals surface area contributed by atoms with Crippen LogP contribution in [-0.4, -0.2) is 22.2 Å². The van der Waals surface area contributed by atoms with Crippen molar-refractivity contribution in [2.45, 2.75) is 51.0 Å². The Morgan fingerprint density at radius 3 is 2.10 bits per heavy atom. The number of carbonyl (C=O) groups is 1. The molecule has 0 spiro atoms. The maximum Gasteiger partial charge on any atom is 1.00 e. The summed E-state index contributed by atoms with van der Waals surface area (Å²) in [6, 6.07) is 26.1. The summed E-state index contributed by atoms with van der Waals surface area (Å²) in [7, 11) is 0. The molecule has 1 amide bonds. The van der Waals surface area contributed by atoms with E-state index in [9.17, 15) is 9.59 Å². The summed E-state index contributed by atoms with van der Waals surface area (Å²) in [4.78, 5) is 25.2. The minimum Gasteiger partial charge on any atom is -0.870 e. The van der Waals surface area contributed by atoms with E-state index in [-0.39, 0.29) is 41.1 Å². The second-order valence-electron chi connectivity index (χ2n) is 9.60. The van der Waals surface area contributed by atoms with E-state index in [1.165, 1.54) is 11.5 Å². The second kappa shape index (κ2) is 13.5. The van der Waals surface area contributed by atoms with E-state index in [4.69, 9.17) is 4.74 Å². The van der Waals surface area contributed by atoms with Crippen LogP contribution in [0.15, 0.2) is 78.9 Å². The van der Waals surface area contributed by atoms with Crippen molar-refractivity contribution in [1.82, 2.24) is 4.37 Å². The molecule has 2 N–H and O–H groups in total. The van der Waals surface area contributed by atoms with Gasteiger partial charge in [-0.15, -0.1) is 5.41 Å². The van der Waals surface area contributed by atoms with Gasteiger partial charge >= 0.3 is 35.7 Å². The predicted molar refractivity (Wildman–Crippen MR) is 150 cm³/mol. The number of benzene rings is 3. The molecule has 1 saturated carbocycles. The smallest absolute Gasteiger partial charge is 0.870 e. The molecule has 0 radical (unpaired) electrons. The quantitative estimate of drug-likeness (QED) is 0.263. The molecule has 1 fully saturated rings. The first-order valence-electron chi connectivity index (χ1n) is 12.6. The van der Waals surface area contributed by atoms with Crippen molar-refractivity contribution in [2.24, 2.45) is 0 Å². The van der Waals surface area contributed by atoms with Gasteiger partial charge in [0.15, 0.2) is 0 Å². The standard InChI is InChI=1S/C31H29N2O3S.Na.H2O/c1-21-28(32-30(35)36-22(2)23-8-4-3-5-9-23)29(37-33-21)26-12-10-24(11-13-26)25-14-16-27(17-15-25)31(20-34)18-6-7-19-31;;/h3-5,8-17,22H,6-7,18-19H2,1-2H3,(H,32,35);;1H2/q-1;+1;/p-1/t22-;;/m1../s1. The van der Waals surface area contributed by atoms with Gasteiger partial charge < -0.3 is 15.0 Å². The number of rotatable bonds is 7. The summed E-state index contributed by atoms with van der Waals surface area (Å²) in [6.07, 6.45) is 5.37. The number of aromatic nitrogens is 1. The van der Waals surface area contributed by atoms with E-state index in [0.717, 1.165) is 64.1 Å². The summed E-state index contributed by atoms with van der Waals surface area (Å²) in [5.74, 6) is 0. The number of nitrogens with one attached hydrogen (secondary N) is 1. The normalized spacial score (nSPS) is 14.4. The molecule has 0 bridgehead atoms. The van der Waals surface area contributed by atoms with Crippen molar-refractivity contribution in [3.8, 4) is 21.6 Å². The van der Waals surface area contributed by atoms with Gasteiger partial charge in [-0.2, -0.15) is 4.37 Å². The van der Waals surface area contributed by atoms with Crippen LogP contribution in [-0.2, 0) is 14.9 Å². The molecule has 6 nitrogen and oxygen atoms in total. The molecule has 1 aliphatic rings. The Balaban J connectivity index is 0.00000210. The van der Waals surface area contributed by atoms with Crippen LogP contribution in [0.25, 0.3) is 21.6 Å². The van der Waals surface area contributed by atoms with Crippen molar-refractivity contribution < 1.29 is 49.4 Å². The Hall–Kier alpha value is -2.81. The number of carbonyl (C=O) groups excluding carboxylic acids is 2. The Morgan fingerprint density at radius 1 is 0.949 bits per heavy atom. The molecule has 196 valence electrons. The van der Waals surface area contributed by atoms with Crippen LogP contribution in [0.5, 0.6) is 0 Å². The first-order chi connectivity index (χ1) is 18.0. The van der Waals surface area contributed by atoms with Gasteiger partial charge in [0.2, 0.25) is 0 Å². The largest absolute Gasteiger partial charge is 1.00 e. The molecule has 1 heterocycles.